The van der Waals surface area contributed by atoms with Crippen LogP contribution in [0.4, 0.5) is 0 Å². The minimum Gasteiger partial charge on any atom is -0.361 e. The first-order chi connectivity index (χ1) is 7.29. The van der Waals surface area contributed by atoms with Gasteiger partial charge < -0.3 is 4.98 Å². The molecule has 0 spiro atoms. The zero-order chi connectivity index (χ0) is 10.4. The average molecular weight is 198 g/mol. The van der Waals surface area contributed by atoms with Crippen LogP contribution in [0.1, 0.15) is 20.8 Å². The van der Waals surface area contributed by atoms with Gasteiger partial charge >= 0.3 is 0 Å². The molecular formula is C11H6N2O2. The first-order valence-corrected chi connectivity index (χ1v) is 4.51. The van der Waals surface area contributed by atoms with E-state index in [9.17, 15) is 9.59 Å². The quantitative estimate of drug-likeness (QED) is 0.652. The molecule has 0 aliphatic heterocycles. The van der Waals surface area contributed by atoms with Gasteiger partial charge in [-0.2, -0.15) is 0 Å². The van der Waals surface area contributed by atoms with Crippen molar-refractivity contribution in [3.8, 4) is 11.3 Å². The molecule has 1 N–H and O–H groups in total. The zero-order valence-electron chi connectivity index (χ0n) is 7.65. The van der Waals surface area contributed by atoms with Crippen molar-refractivity contribution in [1.82, 2.24) is 9.97 Å². The van der Waals surface area contributed by atoms with Crippen molar-refractivity contribution < 1.29 is 9.59 Å². The van der Waals surface area contributed by atoms with Gasteiger partial charge in [-0.1, -0.05) is 0 Å². The Labute approximate surface area is 85.0 Å². The smallest absolute Gasteiger partial charge is 0.252 e. The number of aromatic nitrogens is 2. The van der Waals surface area contributed by atoms with Crippen molar-refractivity contribution in [3.63, 3.8) is 0 Å². The number of H-pyrrole nitrogens is 1. The van der Waals surface area contributed by atoms with E-state index >= 15 is 0 Å². The van der Waals surface area contributed by atoms with Crippen LogP contribution in [0.25, 0.3) is 11.3 Å². The van der Waals surface area contributed by atoms with Gasteiger partial charge in [0.2, 0.25) is 5.78 Å². The number of Topliss-reactive ketones (excluding diaryl/α,β-unsaturated/α-hetero) is 2. The van der Waals surface area contributed by atoms with E-state index in [0.717, 1.165) is 0 Å². The first kappa shape index (κ1) is 8.11. The van der Waals surface area contributed by atoms with Crippen LogP contribution in [0, 0.1) is 0 Å². The fraction of sp³-hybridized carbons (Fsp3) is 0. The highest BCUT2D eigenvalue weighted by Crippen LogP contribution is 2.30. The van der Waals surface area contributed by atoms with Gasteiger partial charge in [-0.25, -0.2) is 0 Å². The summed E-state index contributed by atoms with van der Waals surface area (Å²) in [6, 6.07) is 5.14. The number of pyridine rings is 1. The number of ketones is 2. The summed E-state index contributed by atoms with van der Waals surface area (Å²) in [4.78, 5) is 30.2. The van der Waals surface area contributed by atoms with Gasteiger partial charge in [-0.15, -0.1) is 0 Å². The fourth-order valence-corrected chi connectivity index (χ4v) is 1.80. The third-order valence-corrected chi connectivity index (χ3v) is 2.49. The van der Waals surface area contributed by atoms with Gasteiger partial charge in [-0.3, -0.25) is 14.6 Å². The van der Waals surface area contributed by atoms with E-state index in [1.54, 1.807) is 24.4 Å². The molecule has 0 saturated carbocycles. The molecule has 0 amide bonds. The summed E-state index contributed by atoms with van der Waals surface area (Å²) in [5.41, 5.74) is 2.04. The van der Waals surface area contributed by atoms with E-state index in [1.165, 1.54) is 6.20 Å². The third kappa shape index (κ3) is 0.929. The van der Waals surface area contributed by atoms with Crippen molar-refractivity contribution in [2.45, 2.75) is 0 Å². The molecule has 0 bridgehead atoms. The molecule has 0 unspecified atom stereocenters. The van der Waals surface area contributed by atoms with Crippen molar-refractivity contribution in [2.24, 2.45) is 0 Å². The molecule has 0 aromatic carbocycles. The number of carbonyl (C=O) groups is 2. The molecule has 4 nitrogen and oxygen atoms in total. The molecule has 1 aliphatic rings. The molecule has 15 heavy (non-hydrogen) atoms. The molecule has 72 valence electrons. The molecule has 3 rings (SSSR count). The van der Waals surface area contributed by atoms with Crippen LogP contribution in [0.15, 0.2) is 30.6 Å². The maximum atomic E-state index is 11.7. The maximum absolute atomic E-state index is 11.7. The van der Waals surface area contributed by atoms with Gasteiger partial charge in [0, 0.05) is 18.0 Å². The molecule has 0 fully saturated rings. The SMILES string of the molecule is O=C1C(=O)c2ncccc2-c2[nH]ccc21. The Morgan fingerprint density at radius 3 is 2.80 bits per heavy atom. The normalized spacial score (nSPS) is 13.6. The van der Waals surface area contributed by atoms with Crippen LogP contribution < -0.4 is 0 Å². The van der Waals surface area contributed by atoms with Crippen molar-refractivity contribution in [2.75, 3.05) is 0 Å². The number of nitrogens with zero attached hydrogens (tertiary/aromatic N) is 1. The largest absolute Gasteiger partial charge is 0.361 e. The molecule has 4 heteroatoms. The second kappa shape index (κ2) is 2.63. The maximum Gasteiger partial charge on any atom is 0.252 e. The summed E-state index contributed by atoms with van der Waals surface area (Å²) in [5, 5.41) is 0. The average Bonchev–Trinajstić information content (AvgIpc) is 2.75. The van der Waals surface area contributed by atoms with Crippen LogP contribution in [0.5, 0.6) is 0 Å². The molecule has 2 aromatic rings. The number of fused-ring (bicyclic) bond motifs is 3. The Bertz CT molecular complexity index is 584. The highest BCUT2D eigenvalue weighted by atomic mass is 16.2. The summed E-state index contributed by atoms with van der Waals surface area (Å²) in [6.45, 7) is 0. The van der Waals surface area contributed by atoms with Crippen LogP contribution in [0.2, 0.25) is 0 Å². The van der Waals surface area contributed by atoms with Gasteiger partial charge in [0.15, 0.2) is 0 Å². The number of carbonyl (C=O) groups excluding carboxylic acids is 2. The van der Waals surface area contributed by atoms with E-state index in [1.807, 2.05) is 0 Å². The van der Waals surface area contributed by atoms with E-state index < -0.39 is 11.6 Å². The Balaban J connectivity index is 2.42. The molecule has 2 aromatic heterocycles. The molecular weight excluding hydrogens is 192 g/mol. The summed E-state index contributed by atoms with van der Waals surface area (Å²) in [6.07, 6.45) is 3.16. The van der Waals surface area contributed by atoms with Gasteiger partial charge in [0.25, 0.3) is 5.78 Å². The number of rotatable bonds is 0. The van der Waals surface area contributed by atoms with Gasteiger partial charge in [0.05, 0.1) is 11.3 Å². The number of hydrogen-bond donors (Lipinski definition) is 1. The van der Waals surface area contributed by atoms with Crippen LogP contribution in [-0.4, -0.2) is 21.5 Å². The molecule has 2 heterocycles. The second-order valence-corrected chi connectivity index (χ2v) is 3.32. The minimum absolute atomic E-state index is 0.234. The number of aromatic amines is 1. The lowest BCUT2D eigenvalue weighted by atomic mass is 9.92. The fourth-order valence-electron chi connectivity index (χ4n) is 1.80. The molecule has 0 radical (unpaired) electrons. The Kier molecular flexibility index (Phi) is 1.42. The van der Waals surface area contributed by atoms with E-state index in [4.69, 9.17) is 0 Å². The van der Waals surface area contributed by atoms with Crippen LogP contribution in [0.3, 0.4) is 0 Å². The van der Waals surface area contributed by atoms with E-state index in [0.29, 0.717) is 16.8 Å². The van der Waals surface area contributed by atoms with Gasteiger partial charge in [-0.05, 0) is 18.2 Å². The minimum atomic E-state index is -0.530. The lowest BCUT2D eigenvalue weighted by Gasteiger charge is -2.12. The highest BCUT2D eigenvalue weighted by Gasteiger charge is 2.31. The standard InChI is InChI=1S/C11H6N2O2/c14-10-7-3-5-13-8(7)6-2-1-4-12-9(6)11(10)15/h1-5,13H. The molecule has 0 atom stereocenters. The predicted octanol–water partition coefficient (Wildman–Crippen LogP) is 1.46. The number of nitrogens with one attached hydrogen (secondary N) is 1. The Morgan fingerprint density at radius 2 is 1.93 bits per heavy atom. The first-order valence-electron chi connectivity index (χ1n) is 4.51. The van der Waals surface area contributed by atoms with Crippen LogP contribution in [-0.2, 0) is 0 Å². The molecule has 1 aliphatic carbocycles. The third-order valence-electron chi connectivity index (χ3n) is 2.49. The lowest BCUT2D eigenvalue weighted by Crippen LogP contribution is -2.21. The van der Waals surface area contributed by atoms with Crippen molar-refractivity contribution >= 4 is 11.6 Å². The lowest BCUT2D eigenvalue weighted by molar-refractivity contribution is 0.0812. The monoisotopic (exact) mass is 198 g/mol. The van der Waals surface area contributed by atoms with Crippen LogP contribution >= 0.6 is 0 Å². The zero-order valence-corrected chi connectivity index (χ0v) is 7.65. The highest BCUT2D eigenvalue weighted by molar-refractivity contribution is 6.52. The summed E-state index contributed by atoms with van der Waals surface area (Å²) in [7, 11) is 0. The summed E-state index contributed by atoms with van der Waals surface area (Å²) < 4.78 is 0. The van der Waals surface area contributed by atoms with Gasteiger partial charge in [0.1, 0.15) is 5.69 Å². The Morgan fingerprint density at radius 1 is 1.07 bits per heavy atom. The van der Waals surface area contributed by atoms with Crippen molar-refractivity contribution in [3.05, 3.63) is 41.9 Å². The predicted molar refractivity (Wildman–Crippen MR) is 52.7 cm³/mol. The van der Waals surface area contributed by atoms with E-state index in [-0.39, 0.29) is 5.69 Å². The Hall–Kier alpha value is -2.23. The molecule has 0 saturated heterocycles. The second-order valence-electron chi connectivity index (χ2n) is 3.32. The summed E-state index contributed by atoms with van der Waals surface area (Å²) in [5.74, 6) is -1.02. The van der Waals surface area contributed by atoms with E-state index in [2.05, 4.69) is 9.97 Å². The topological polar surface area (TPSA) is 62.8 Å². The summed E-state index contributed by atoms with van der Waals surface area (Å²) >= 11 is 0. The number of hydrogen-bond acceptors (Lipinski definition) is 3. The van der Waals surface area contributed by atoms with Crippen molar-refractivity contribution in [1.29, 1.82) is 0 Å².